The van der Waals surface area contributed by atoms with Crippen LogP contribution in [0.1, 0.15) is 17.2 Å². The van der Waals surface area contributed by atoms with Crippen molar-refractivity contribution in [1.82, 2.24) is 4.98 Å². The van der Waals surface area contributed by atoms with E-state index < -0.39 is 0 Å². The molecule has 0 aromatic carbocycles. The molecule has 0 N–H and O–H groups in total. The van der Waals surface area contributed by atoms with Gasteiger partial charge in [-0.1, -0.05) is 0 Å². The third-order valence-electron chi connectivity index (χ3n) is 2.32. The van der Waals surface area contributed by atoms with Crippen molar-refractivity contribution >= 4 is 22.2 Å². The molecule has 2 heterocycles. The van der Waals surface area contributed by atoms with E-state index >= 15 is 0 Å². The molecule has 0 bridgehead atoms. The molecule has 4 heteroatoms. The summed E-state index contributed by atoms with van der Waals surface area (Å²) < 4.78 is 6.00. The van der Waals surface area contributed by atoms with Crippen molar-refractivity contribution in [3.8, 4) is 0 Å². The molecule has 0 aliphatic carbocycles. The van der Waals surface area contributed by atoms with Gasteiger partial charge in [-0.25, -0.2) is 4.98 Å². The van der Waals surface area contributed by atoms with Gasteiger partial charge in [-0.05, 0) is 52.2 Å². The van der Waals surface area contributed by atoms with E-state index in [1.54, 1.807) is 18.5 Å². The molecular weight excluding hydrogens is 270 g/mol. The molecule has 16 heavy (non-hydrogen) atoms. The molecule has 82 valence electrons. The average molecular weight is 280 g/mol. The van der Waals surface area contributed by atoms with Crippen LogP contribution in [0.25, 0.3) is 0 Å². The highest BCUT2D eigenvalue weighted by Crippen LogP contribution is 2.20. The van der Waals surface area contributed by atoms with Crippen LogP contribution in [0, 0.1) is 0 Å². The molecule has 1 unspecified atom stereocenters. The molecule has 2 aromatic heterocycles. The highest BCUT2D eigenvalue weighted by atomic mass is 79.9. The van der Waals surface area contributed by atoms with Crippen molar-refractivity contribution < 1.29 is 9.21 Å². The quantitative estimate of drug-likeness (QED) is 0.638. The number of halogens is 1. The number of hydrogen-bond donors (Lipinski definition) is 0. The van der Waals surface area contributed by atoms with Gasteiger partial charge in [-0.15, -0.1) is 0 Å². The van der Waals surface area contributed by atoms with E-state index in [0.29, 0.717) is 12.2 Å². The molecule has 0 fully saturated rings. The molecule has 2 aromatic rings. The molecule has 0 aliphatic rings. The standard InChI is InChI=1S/C12H10BrNO2/c13-12-7-9(3-4-14-12)6-10(8-15)11-2-1-5-16-11/h1-5,7-8,10H,6H2. The number of furan rings is 1. The fourth-order valence-corrected chi connectivity index (χ4v) is 1.95. The SMILES string of the molecule is O=CC(Cc1ccnc(Br)c1)c1ccco1. The van der Waals surface area contributed by atoms with Crippen molar-refractivity contribution in [3.05, 3.63) is 52.7 Å². The third kappa shape index (κ3) is 2.58. The zero-order valence-electron chi connectivity index (χ0n) is 8.47. The van der Waals surface area contributed by atoms with E-state index in [1.807, 2.05) is 18.2 Å². The van der Waals surface area contributed by atoms with Gasteiger partial charge >= 0.3 is 0 Å². The fourth-order valence-electron chi connectivity index (χ4n) is 1.54. The minimum Gasteiger partial charge on any atom is -0.469 e. The van der Waals surface area contributed by atoms with Crippen LogP contribution >= 0.6 is 15.9 Å². The first-order valence-corrected chi connectivity index (χ1v) is 5.68. The van der Waals surface area contributed by atoms with E-state index in [1.165, 1.54) is 0 Å². The van der Waals surface area contributed by atoms with Crippen LogP contribution in [0.2, 0.25) is 0 Å². The number of carbonyl (C=O) groups excluding carboxylic acids is 1. The zero-order chi connectivity index (χ0) is 11.4. The molecule has 2 rings (SSSR count). The summed E-state index contributed by atoms with van der Waals surface area (Å²) in [7, 11) is 0. The van der Waals surface area contributed by atoms with E-state index in [2.05, 4.69) is 20.9 Å². The second-order valence-corrected chi connectivity index (χ2v) is 4.26. The zero-order valence-corrected chi connectivity index (χ0v) is 10.1. The minimum absolute atomic E-state index is 0.232. The van der Waals surface area contributed by atoms with Crippen LogP contribution in [0.4, 0.5) is 0 Å². The molecule has 0 spiro atoms. The lowest BCUT2D eigenvalue weighted by Crippen LogP contribution is -2.03. The largest absolute Gasteiger partial charge is 0.469 e. The van der Waals surface area contributed by atoms with E-state index in [-0.39, 0.29) is 5.92 Å². The number of nitrogens with zero attached hydrogens (tertiary/aromatic N) is 1. The van der Waals surface area contributed by atoms with Crippen molar-refractivity contribution in [1.29, 1.82) is 0 Å². The second-order valence-electron chi connectivity index (χ2n) is 3.45. The van der Waals surface area contributed by atoms with Crippen LogP contribution in [0.5, 0.6) is 0 Å². The Balaban J connectivity index is 2.16. The Morgan fingerprint density at radius 2 is 2.38 bits per heavy atom. The van der Waals surface area contributed by atoms with Crippen LogP contribution < -0.4 is 0 Å². The van der Waals surface area contributed by atoms with Gasteiger partial charge in [0.2, 0.25) is 0 Å². The summed E-state index contributed by atoms with van der Waals surface area (Å²) in [5, 5.41) is 0. The molecule has 1 atom stereocenters. The predicted octanol–water partition coefficient (Wildman–Crippen LogP) is 2.96. The Labute approximate surface area is 102 Å². The highest BCUT2D eigenvalue weighted by molar-refractivity contribution is 9.10. The lowest BCUT2D eigenvalue weighted by atomic mass is 9.99. The molecular formula is C12H10BrNO2. The number of rotatable bonds is 4. The van der Waals surface area contributed by atoms with Crippen molar-refractivity contribution in [2.24, 2.45) is 0 Å². The van der Waals surface area contributed by atoms with Gasteiger partial charge in [0, 0.05) is 6.20 Å². The van der Waals surface area contributed by atoms with Crippen molar-refractivity contribution in [2.75, 3.05) is 0 Å². The molecule has 0 radical (unpaired) electrons. The van der Waals surface area contributed by atoms with Gasteiger partial charge in [-0.3, -0.25) is 0 Å². The number of pyridine rings is 1. The van der Waals surface area contributed by atoms with Gasteiger partial charge < -0.3 is 9.21 Å². The van der Waals surface area contributed by atoms with Gasteiger partial charge in [-0.2, -0.15) is 0 Å². The summed E-state index contributed by atoms with van der Waals surface area (Å²) in [6.07, 6.45) is 4.82. The average Bonchev–Trinajstić information content (AvgIpc) is 2.79. The van der Waals surface area contributed by atoms with Crippen LogP contribution in [0.15, 0.2) is 45.7 Å². The van der Waals surface area contributed by atoms with E-state index in [9.17, 15) is 4.79 Å². The monoisotopic (exact) mass is 279 g/mol. The van der Waals surface area contributed by atoms with Gasteiger partial charge in [0.1, 0.15) is 16.6 Å². The summed E-state index contributed by atoms with van der Waals surface area (Å²) in [4.78, 5) is 15.0. The van der Waals surface area contributed by atoms with E-state index in [0.717, 1.165) is 16.5 Å². The van der Waals surface area contributed by atoms with Crippen LogP contribution in [-0.2, 0) is 11.2 Å². The Hall–Kier alpha value is -1.42. The first-order valence-electron chi connectivity index (χ1n) is 4.88. The number of hydrogen-bond acceptors (Lipinski definition) is 3. The maximum absolute atomic E-state index is 11.0. The maximum Gasteiger partial charge on any atom is 0.130 e. The summed E-state index contributed by atoms with van der Waals surface area (Å²) in [6, 6.07) is 7.40. The molecule has 0 saturated carbocycles. The summed E-state index contributed by atoms with van der Waals surface area (Å²) in [5.74, 6) is 0.465. The topological polar surface area (TPSA) is 43.1 Å². The van der Waals surface area contributed by atoms with Gasteiger partial charge in [0.15, 0.2) is 0 Å². The van der Waals surface area contributed by atoms with Gasteiger partial charge in [0.05, 0.1) is 12.2 Å². The lowest BCUT2D eigenvalue weighted by Gasteiger charge is -2.07. The van der Waals surface area contributed by atoms with E-state index in [4.69, 9.17) is 4.42 Å². The first kappa shape index (κ1) is 11.1. The van der Waals surface area contributed by atoms with Crippen LogP contribution in [0.3, 0.4) is 0 Å². The lowest BCUT2D eigenvalue weighted by molar-refractivity contribution is -0.109. The van der Waals surface area contributed by atoms with Crippen molar-refractivity contribution in [2.45, 2.75) is 12.3 Å². The number of aromatic nitrogens is 1. The number of carbonyl (C=O) groups is 1. The smallest absolute Gasteiger partial charge is 0.130 e. The highest BCUT2D eigenvalue weighted by Gasteiger charge is 2.14. The van der Waals surface area contributed by atoms with Crippen molar-refractivity contribution in [3.63, 3.8) is 0 Å². The molecule has 0 amide bonds. The molecule has 0 saturated heterocycles. The Kier molecular flexibility index (Phi) is 3.51. The third-order valence-corrected chi connectivity index (χ3v) is 2.75. The Morgan fingerprint density at radius 1 is 1.50 bits per heavy atom. The Bertz CT molecular complexity index is 468. The maximum atomic E-state index is 11.0. The first-order chi connectivity index (χ1) is 7.79. The normalized spacial score (nSPS) is 12.3. The second kappa shape index (κ2) is 5.07. The fraction of sp³-hybridized carbons (Fsp3) is 0.167. The Morgan fingerprint density at radius 3 is 3.00 bits per heavy atom. The minimum atomic E-state index is -0.232. The van der Waals surface area contributed by atoms with Gasteiger partial charge in [0.25, 0.3) is 0 Å². The summed E-state index contributed by atoms with van der Waals surface area (Å²) in [5.41, 5.74) is 1.05. The predicted molar refractivity (Wildman–Crippen MR) is 63.2 cm³/mol. The summed E-state index contributed by atoms with van der Waals surface area (Å²) >= 11 is 3.30. The molecule has 0 aliphatic heterocycles. The van der Waals surface area contributed by atoms with Crippen LogP contribution in [-0.4, -0.2) is 11.3 Å². The summed E-state index contributed by atoms with van der Waals surface area (Å²) in [6.45, 7) is 0. The number of aldehydes is 1. The molecule has 3 nitrogen and oxygen atoms in total.